The third-order valence-corrected chi connectivity index (χ3v) is 3.66. The van der Waals surface area contributed by atoms with Crippen molar-refractivity contribution >= 4 is 11.6 Å². The van der Waals surface area contributed by atoms with Crippen molar-refractivity contribution < 1.29 is 14.1 Å². The second-order valence-electron chi connectivity index (χ2n) is 5.12. The first-order valence-corrected chi connectivity index (χ1v) is 6.76. The molecule has 1 aliphatic rings. The molecule has 108 valence electrons. The molecule has 1 heterocycles. The molecule has 20 heavy (non-hydrogen) atoms. The van der Waals surface area contributed by atoms with Crippen LogP contribution in [0.1, 0.15) is 36.5 Å². The van der Waals surface area contributed by atoms with E-state index in [-0.39, 0.29) is 11.5 Å². The Morgan fingerprint density at radius 3 is 2.95 bits per heavy atom. The van der Waals surface area contributed by atoms with Crippen molar-refractivity contribution in [2.24, 2.45) is 5.92 Å². The summed E-state index contributed by atoms with van der Waals surface area (Å²) < 4.78 is 13.3. The van der Waals surface area contributed by atoms with E-state index in [0.717, 1.165) is 31.4 Å². The number of nitrogens with zero attached hydrogens (tertiary/aromatic N) is 2. The standard InChI is InChI=1S/C14H17FN2O3/c1-2-3-10-6-7-16(9-10)14(18)11-4-5-12(15)13(8-11)17(19)20/h4-5,8,10H,2-3,6-7,9H2,1H3. The lowest BCUT2D eigenvalue weighted by atomic mass is 10.0. The maximum atomic E-state index is 13.3. The Balaban J connectivity index is 2.14. The summed E-state index contributed by atoms with van der Waals surface area (Å²) in [5.41, 5.74) is -0.476. The number of carbonyl (C=O) groups is 1. The Morgan fingerprint density at radius 1 is 1.55 bits per heavy atom. The van der Waals surface area contributed by atoms with Gasteiger partial charge in [-0.3, -0.25) is 14.9 Å². The molecule has 1 aromatic carbocycles. The lowest BCUT2D eigenvalue weighted by Crippen LogP contribution is -2.28. The number of hydrogen-bond donors (Lipinski definition) is 0. The van der Waals surface area contributed by atoms with Gasteiger partial charge in [0.25, 0.3) is 5.91 Å². The fraction of sp³-hybridized carbons (Fsp3) is 0.500. The van der Waals surface area contributed by atoms with Crippen molar-refractivity contribution in [3.05, 3.63) is 39.7 Å². The highest BCUT2D eigenvalue weighted by molar-refractivity contribution is 5.95. The summed E-state index contributed by atoms with van der Waals surface area (Å²) in [6, 6.07) is 3.30. The van der Waals surface area contributed by atoms with Crippen molar-refractivity contribution in [2.75, 3.05) is 13.1 Å². The molecule has 0 spiro atoms. The molecular weight excluding hydrogens is 263 g/mol. The van der Waals surface area contributed by atoms with Gasteiger partial charge in [0, 0.05) is 24.7 Å². The molecule has 0 bridgehead atoms. The zero-order valence-corrected chi connectivity index (χ0v) is 11.3. The summed E-state index contributed by atoms with van der Waals surface area (Å²) in [5.74, 6) is -0.678. The van der Waals surface area contributed by atoms with Crippen LogP contribution in [-0.2, 0) is 0 Å². The fourth-order valence-corrected chi connectivity index (χ4v) is 2.63. The highest BCUT2D eigenvalue weighted by Gasteiger charge is 2.27. The first-order chi connectivity index (χ1) is 9.52. The molecule has 0 N–H and O–H groups in total. The van der Waals surface area contributed by atoms with Gasteiger partial charge in [-0.25, -0.2) is 0 Å². The van der Waals surface area contributed by atoms with Crippen LogP contribution in [0, 0.1) is 21.8 Å². The fourth-order valence-electron chi connectivity index (χ4n) is 2.63. The largest absolute Gasteiger partial charge is 0.338 e. The summed E-state index contributed by atoms with van der Waals surface area (Å²) >= 11 is 0. The monoisotopic (exact) mass is 280 g/mol. The van der Waals surface area contributed by atoms with Gasteiger partial charge in [-0.15, -0.1) is 0 Å². The Morgan fingerprint density at radius 2 is 2.30 bits per heavy atom. The topological polar surface area (TPSA) is 63.5 Å². The van der Waals surface area contributed by atoms with Crippen LogP contribution in [0.25, 0.3) is 0 Å². The lowest BCUT2D eigenvalue weighted by molar-refractivity contribution is -0.387. The van der Waals surface area contributed by atoms with Crippen LogP contribution >= 0.6 is 0 Å². The summed E-state index contributed by atoms with van der Waals surface area (Å²) in [6.07, 6.45) is 3.12. The highest BCUT2D eigenvalue weighted by atomic mass is 19.1. The van der Waals surface area contributed by atoms with Gasteiger partial charge in [0.15, 0.2) is 0 Å². The molecule has 2 rings (SSSR count). The smallest absolute Gasteiger partial charge is 0.305 e. The third kappa shape index (κ3) is 2.95. The van der Waals surface area contributed by atoms with Crippen molar-refractivity contribution in [2.45, 2.75) is 26.2 Å². The molecule has 1 saturated heterocycles. The van der Waals surface area contributed by atoms with Gasteiger partial charge < -0.3 is 4.90 Å². The van der Waals surface area contributed by atoms with Crippen molar-refractivity contribution in [3.63, 3.8) is 0 Å². The molecule has 6 heteroatoms. The van der Waals surface area contributed by atoms with E-state index >= 15 is 0 Å². The van der Waals surface area contributed by atoms with Crippen molar-refractivity contribution in [3.8, 4) is 0 Å². The molecule has 0 aromatic heterocycles. The van der Waals surface area contributed by atoms with Crippen LogP contribution in [0.2, 0.25) is 0 Å². The van der Waals surface area contributed by atoms with Gasteiger partial charge in [0.05, 0.1) is 4.92 Å². The van der Waals surface area contributed by atoms with Crippen molar-refractivity contribution in [1.82, 2.24) is 4.90 Å². The Bertz CT molecular complexity index is 533. The van der Waals surface area contributed by atoms with E-state index in [4.69, 9.17) is 0 Å². The molecule has 1 unspecified atom stereocenters. The molecular formula is C14H17FN2O3. The van der Waals surface area contributed by atoms with E-state index in [1.807, 2.05) is 0 Å². The van der Waals surface area contributed by atoms with Crippen molar-refractivity contribution in [1.29, 1.82) is 0 Å². The van der Waals surface area contributed by atoms with Gasteiger partial charge in [-0.1, -0.05) is 13.3 Å². The SMILES string of the molecule is CCCC1CCN(C(=O)c2ccc(F)c([N+](=O)[O-])c2)C1. The molecule has 0 aliphatic carbocycles. The minimum Gasteiger partial charge on any atom is -0.338 e. The van der Waals surface area contributed by atoms with E-state index in [1.54, 1.807) is 4.90 Å². The third-order valence-electron chi connectivity index (χ3n) is 3.66. The van der Waals surface area contributed by atoms with Gasteiger partial charge in [0.1, 0.15) is 0 Å². The summed E-state index contributed by atoms with van der Waals surface area (Å²) in [5, 5.41) is 10.7. The van der Waals surface area contributed by atoms with Crippen LogP contribution in [-0.4, -0.2) is 28.8 Å². The number of nitro groups is 1. The van der Waals surface area contributed by atoms with Gasteiger partial charge >= 0.3 is 5.69 Å². The van der Waals surface area contributed by atoms with Crippen LogP contribution in [0.5, 0.6) is 0 Å². The number of rotatable bonds is 4. The zero-order chi connectivity index (χ0) is 14.7. The predicted octanol–water partition coefficient (Wildman–Crippen LogP) is 3.00. The van der Waals surface area contributed by atoms with E-state index in [2.05, 4.69) is 6.92 Å². The number of nitro benzene ring substituents is 1. The van der Waals surface area contributed by atoms with Crippen LogP contribution in [0.3, 0.4) is 0 Å². The average molecular weight is 280 g/mol. The molecule has 1 amide bonds. The van der Waals surface area contributed by atoms with Gasteiger partial charge in [-0.05, 0) is 30.9 Å². The normalized spacial score (nSPS) is 18.3. The predicted molar refractivity (Wildman–Crippen MR) is 72.0 cm³/mol. The molecule has 1 aliphatic heterocycles. The second kappa shape index (κ2) is 5.98. The van der Waals surface area contributed by atoms with E-state index in [0.29, 0.717) is 19.0 Å². The molecule has 1 aromatic rings. The highest BCUT2D eigenvalue weighted by Crippen LogP contribution is 2.24. The minimum atomic E-state index is -0.920. The lowest BCUT2D eigenvalue weighted by Gasteiger charge is -2.16. The Kier molecular flexibility index (Phi) is 4.32. The number of benzene rings is 1. The van der Waals surface area contributed by atoms with Crippen LogP contribution in [0.15, 0.2) is 18.2 Å². The summed E-state index contributed by atoms with van der Waals surface area (Å²) in [7, 11) is 0. The Hall–Kier alpha value is -1.98. The molecule has 1 fully saturated rings. The van der Waals surface area contributed by atoms with Crippen LogP contribution in [0.4, 0.5) is 10.1 Å². The first kappa shape index (κ1) is 14.4. The number of halogens is 1. The molecule has 1 atom stereocenters. The summed E-state index contributed by atoms with van der Waals surface area (Å²) in [4.78, 5) is 23.8. The first-order valence-electron chi connectivity index (χ1n) is 6.76. The maximum Gasteiger partial charge on any atom is 0.305 e. The van der Waals surface area contributed by atoms with Crippen LogP contribution < -0.4 is 0 Å². The van der Waals surface area contributed by atoms with E-state index < -0.39 is 16.4 Å². The molecule has 0 radical (unpaired) electrons. The summed E-state index contributed by atoms with van der Waals surface area (Å²) in [6.45, 7) is 3.44. The number of likely N-dealkylation sites (tertiary alicyclic amines) is 1. The zero-order valence-electron chi connectivity index (χ0n) is 11.3. The quantitative estimate of drug-likeness (QED) is 0.629. The molecule has 0 saturated carbocycles. The average Bonchev–Trinajstić information content (AvgIpc) is 2.87. The Labute approximate surface area is 116 Å². The molecule has 5 nitrogen and oxygen atoms in total. The van der Waals surface area contributed by atoms with E-state index in [9.17, 15) is 19.3 Å². The number of carbonyl (C=O) groups excluding carboxylic acids is 1. The van der Waals surface area contributed by atoms with Gasteiger partial charge in [0.2, 0.25) is 5.82 Å². The van der Waals surface area contributed by atoms with E-state index in [1.165, 1.54) is 6.07 Å². The minimum absolute atomic E-state index is 0.176. The number of amides is 1. The number of hydrogen-bond acceptors (Lipinski definition) is 3. The second-order valence-corrected chi connectivity index (χ2v) is 5.12. The van der Waals surface area contributed by atoms with Gasteiger partial charge in [-0.2, -0.15) is 4.39 Å². The maximum absolute atomic E-state index is 13.3.